The zero-order valence-corrected chi connectivity index (χ0v) is 6.54. The van der Waals surface area contributed by atoms with Crippen LogP contribution in [-0.4, -0.2) is 5.71 Å². The maximum Gasteiger partial charge on any atom is 0.0426 e. The van der Waals surface area contributed by atoms with Crippen molar-refractivity contribution < 1.29 is 0 Å². The second-order valence-electron chi connectivity index (χ2n) is 2.25. The molecule has 0 aromatic carbocycles. The monoisotopic (exact) mass is 138 g/mol. The van der Waals surface area contributed by atoms with Crippen LogP contribution in [0.15, 0.2) is 30.0 Å². The van der Waals surface area contributed by atoms with Gasteiger partial charge in [-0.05, 0) is 12.0 Å². The Morgan fingerprint density at radius 3 is 2.50 bits per heavy atom. The molecule has 0 rings (SSSR count). The van der Waals surface area contributed by atoms with Crippen molar-refractivity contribution in [1.29, 1.82) is 0 Å². The lowest BCUT2D eigenvalue weighted by Gasteiger charge is -2.00. The quantitative estimate of drug-likeness (QED) is 0.592. The number of nitrogens with two attached hydrogens (primary N) is 1. The molecule has 0 aliphatic rings. The van der Waals surface area contributed by atoms with Crippen molar-refractivity contribution in [3.63, 3.8) is 0 Å². The average molecular weight is 138 g/mol. The highest BCUT2D eigenvalue weighted by atomic mass is 14.7. The normalized spacial score (nSPS) is 12.9. The Balaban J connectivity index is 4.18. The van der Waals surface area contributed by atoms with E-state index < -0.39 is 0 Å². The minimum absolute atomic E-state index is 0.411. The van der Waals surface area contributed by atoms with Crippen LogP contribution in [0.25, 0.3) is 0 Å². The second kappa shape index (κ2) is 4.79. The summed E-state index contributed by atoms with van der Waals surface area (Å²) in [4.78, 5) is 4.05. The molecule has 0 spiro atoms. The van der Waals surface area contributed by atoms with Crippen molar-refractivity contribution in [3.05, 3.63) is 25.1 Å². The molecule has 0 radical (unpaired) electrons. The average Bonchev–Trinajstić information content (AvgIpc) is 1.89. The lowest BCUT2D eigenvalue weighted by Crippen LogP contribution is -2.02. The van der Waals surface area contributed by atoms with Gasteiger partial charge in [0.25, 0.3) is 0 Å². The summed E-state index contributed by atoms with van der Waals surface area (Å²) in [5, 5.41) is 0. The highest BCUT2D eigenvalue weighted by Crippen LogP contribution is 1.97. The molecule has 0 aromatic rings. The molecule has 0 aliphatic carbocycles. The van der Waals surface area contributed by atoms with Crippen LogP contribution in [0, 0.1) is 5.92 Å². The molecule has 0 bridgehead atoms. The summed E-state index contributed by atoms with van der Waals surface area (Å²) >= 11 is 0. The van der Waals surface area contributed by atoms with E-state index >= 15 is 0 Å². The number of aliphatic imine (C=N–C) groups is 1. The van der Waals surface area contributed by atoms with Crippen LogP contribution in [0.2, 0.25) is 0 Å². The van der Waals surface area contributed by atoms with Gasteiger partial charge in [-0.2, -0.15) is 0 Å². The fraction of sp³-hybridized carbons (Fsp3) is 0.375. The lowest BCUT2D eigenvalue weighted by molar-refractivity contribution is 0.889. The van der Waals surface area contributed by atoms with Crippen molar-refractivity contribution in [1.82, 2.24) is 0 Å². The van der Waals surface area contributed by atoms with Gasteiger partial charge in [-0.3, -0.25) is 4.99 Å². The Morgan fingerprint density at radius 1 is 1.60 bits per heavy atom. The zero-order valence-electron chi connectivity index (χ0n) is 6.54. The predicted octanol–water partition coefficient (Wildman–Crippen LogP) is 1.70. The van der Waals surface area contributed by atoms with Crippen LogP contribution in [0.5, 0.6) is 0 Å². The van der Waals surface area contributed by atoms with Crippen LogP contribution in [0.1, 0.15) is 13.8 Å². The van der Waals surface area contributed by atoms with Crippen LogP contribution < -0.4 is 5.73 Å². The summed E-state index contributed by atoms with van der Waals surface area (Å²) in [6.07, 6.45) is 4.72. The Hall–Kier alpha value is -1.05. The van der Waals surface area contributed by atoms with Gasteiger partial charge >= 0.3 is 0 Å². The SMILES string of the molecule is C=C/C(=N\C=C/N)C(C)C. The van der Waals surface area contributed by atoms with Gasteiger partial charge in [-0.15, -0.1) is 0 Å². The molecule has 0 aliphatic heterocycles. The number of hydrogen-bond acceptors (Lipinski definition) is 2. The van der Waals surface area contributed by atoms with E-state index in [0.29, 0.717) is 5.92 Å². The number of rotatable bonds is 3. The molecule has 0 saturated carbocycles. The smallest absolute Gasteiger partial charge is 0.0426 e. The first-order valence-corrected chi connectivity index (χ1v) is 3.29. The van der Waals surface area contributed by atoms with E-state index in [4.69, 9.17) is 5.73 Å². The molecule has 2 nitrogen and oxygen atoms in total. The maximum absolute atomic E-state index is 5.11. The summed E-state index contributed by atoms with van der Waals surface area (Å²) < 4.78 is 0. The van der Waals surface area contributed by atoms with E-state index in [2.05, 4.69) is 25.4 Å². The van der Waals surface area contributed by atoms with E-state index in [1.165, 1.54) is 6.20 Å². The van der Waals surface area contributed by atoms with Crippen LogP contribution >= 0.6 is 0 Å². The van der Waals surface area contributed by atoms with Crippen molar-refractivity contribution in [2.45, 2.75) is 13.8 Å². The summed E-state index contributed by atoms with van der Waals surface area (Å²) in [6, 6.07) is 0. The van der Waals surface area contributed by atoms with Gasteiger partial charge in [0, 0.05) is 18.1 Å². The Kier molecular flexibility index (Phi) is 4.29. The topological polar surface area (TPSA) is 38.4 Å². The predicted molar refractivity (Wildman–Crippen MR) is 45.8 cm³/mol. The van der Waals surface area contributed by atoms with Crippen molar-refractivity contribution in [2.24, 2.45) is 16.6 Å². The molecule has 2 N–H and O–H groups in total. The van der Waals surface area contributed by atoms with Crippen molar-refractivity contribution in [2.75, 3.05) is 0 Å². The molecule has 0 atom stereocenters. The third-order valence-corrected chi connectivity index (χ3v) is 1.11. The van der Waals surface area contributed by atoms with E-state index in [1.807, 2.05) is 0 Å². The fourth-order valence-corrected chi connectivity index (χ4v) is 0.567. The van der Waals surface area contributed by atoms with Crippen LogP contribution in [0.3, 0.4) is 0 Å². The molecule has 0 aromatic heterocycles. The van der Waals surface area contributed by atoms with Gasteiger partial charge in [0.15, 0.2) is 0 Å². The Bertz CT molecular complexity index is 155. The molecule has 0 fully saturated rings. The van der Waals surface area contributed by atoms with Gasteiger partial charge in [-0.1, -0.05) is 20.4 Å². The molecule has 56 valence electrons. The highest BCUT2D eigenvalue weighted by Gasteiger charge is 1.96. The molecule has 0 unspecified atom stereocenters. The second-order valence-corrected chi connectivity index (χ2v) is 2.25. The van der Waals surface area contributed by atoms with Gasteiger partial charge in [-0.25, -0.2) is 0 Å². The number of hydrogen-bond donors (Lipinski definition) is 1. The Labute approximate surface area is 62.1 Å². The molecule has 10 heavy (non-hydrogen) atoms. The summed E-state index contributed by atoms with van der Waals surface area (Å²) in [5.41, 5.74) is 6.07. The molecule has 2 heteroatoms. The largest absolute Gasteiger partial charge is 0.403 e. The fourth-order valence-electron chi connectivity index (χ4n) is 0.567. The Morgan fingerprint density at radius 2 is 2.20 bits per heavy atom. The third-order valence-electron chi connectivity index (χ3n) is 1.11. The minimum Gasteiger partial charge on any atom is -0.403 e. The molecule has 0 saturated heterocycles. The van der Waals surface area contributed by atoms with Crippen molar-refractivity contribution >= 4 is 5.71 Å². The highest BCUT2D eigenvalue weighted by molar-refractivity contribution is 5.96. The first-order chi connectivity index (χ1) is 4.72. The molecule has 0 amide bonds. The molecular weight excluding hydrogens is 124 g/mol. The summed E-state index contributed by atoms with van der Waals surface area (Å²) in [6.45, 7) is 7.75. The number of nitrogens with zero attached hydrogens (tertiary/aromatic N) is 1. The first-order valence-electron chi connectivity index (χ1n) is 3.29. The van der Waals surface area contributed by atoms with Crippen LogP contribution in [0.4, 0.5) is 0 Å². The van der Waals surface area contributed by atoms with E-state index in [1.54, 1.807) is 12.3 Å². The maximum atomic E-state index is 5.11. The lowest BCUT2D eigenvalue weighted by atomic mass is 10.1. The third kappa shape index (κ3) is 3.07. The number of allylic oxidation sites excluding steroid dienone is 1. The first kappa shape index (κ1) is 8.95. The molecular formula is C8H14N2. The summed E-state index contributed by atoms with van der Waals surface area (Å²) in [7, 11) is 0. The van der Waals surface area contributed by atoms with Crippen LogP contribution in [-0.2, 0) is 0 Å². The van der Waals surface area contributed by atoms with Gasteiger partial charge < -0.3 is 5.73 Å². The van der Waals surface area contributed by atoms with E-state index in [9.17, 15) is 0 Å². The van der Waals surface area contributed by atoms with Gasteiger partial charge in [0.1, 0.15) is 0 Å². The zero-order chi connectivity index (χ0) is 7.98. The minimum atomic E-state index is 0.411. The van der Waals surface area contributed by atoms with Gasteiger partial charge in [0.2, 0.25) is 0 Å². The van der Waals surface area contributed by atoms with E-state index in [0.717, 1.165) is 5.71 Å². The van der Waals surface area contributed by atoms with Crippen molar-refractivity contribution in [3.8, 4) is 0 Å². The summed E-state index contributed by atoms with van der Waals surface area (Å²) in [5.74, 6) is 0.411. The van der Waals surface area contributed by atoms with Gasteiger partial charge in [0.05, 0.1) is 0 Å². The standard InChI is InChI=1S/C8H14N2/c1-4-8(7(2)3)10-6-5-9/h4-7H,1,9H2,2-3H3/b6-5-,10-8+. The molecule has 0 heterocycles. The van der Waals surface area contributed by atoms with E-state index in [-0.39, 0.29) is 0 Å².